The Hall–Kier alpha value is -3.16. The number of hydrogen-bond donors (Lipinski definition) is 2. The summed E-state index contributed by atoms with van der Waals surface area (Å²) in [5, 5.41) is 6.94. The molecule has 2 heterocycles. The Kier molecular flexibility index (Phi) is 7.81. The van der Waals surface area contributed by atoms with Crippen LogP contribution in [0.25, 0.3) is 0 Å². The third-order valence-electron chi connectivity index (χ3n) is 5.45. The quantitative estimate of drug-likeness (QED) is 0.520. The molecule has 1 aliphatic heterocycles. The molecule has 0 atom stereocenters. The number of rotatable bonds is 7. The van der Waals surface area contributed by atoms with Gasteiger partial charge in [0.25, 0.3) is 0 Å². The standard InChI is InChI=1S/C23H34N6O2/c1-24-23(25-16-18-7-6-8-22(26-18)28(2)3)27-17-9-11-29(12-10-17)19-13-20(30-4)15-21(14-19)31-5/h6-8,13-15,17H,9-12,16H2,1-5H3,(H2,24,25,27). The highest BCUT2D eigenvalue weighted by Crippen LogP contribution is 2.30. The van der Waals surface area contributed by atoms with E-state index in [1.54, 1.807) is 21.3 Å². The van der Waals surface area contributed by atoms with Gasteiger partial charge in [0.1, 0.15) is 17.3 Å². The zero-order chi connectivity index (χ0) is 22.2. The molecule has 0 unspecified atom stereocenters. The number of benzene rings is 1. The fraction of sp³-hybridized carbons (Fsp3) is 0.478. The molecule has 31 heavy (non-hydrogen) atoms. The number of guanidine groups is 1. The van der Waals surface area contributed by atoms with Gasteiger partial charge in [-0.2, -0.15) is 0 Å². The molecule has 0 aliphatic carbocycles. The van der Waals surface area contributed by atoms with E-state index in [-0.39, 0.29) is 0 Å². The predicted octanol–water partition coefficient (Wildman–Crippen LogP) is 2.50. The van der Waals surface area contributed by atoms with Crippen molar-refractivity contribution >= 4 is 17.5 Å². The van der Waals surface area contributed by atoms with Gasteiger partial charge in [-0.25, -0.2) is 4.98 Å². The van der Waals surface area contributed by atoms with Gasteiger partial charge in [-0.3, -0.25) is 4.99 Å². The van der Waals surface area contributed by atoms with E-state index < -0.39 is 0 Å². The molecule has 0 bridgehead atoms. The molecular formula is C23H34N6O2. The van der Waals surface area contributed by atoms with E-state index in [4.69, 9.17) is 9.47 Å². The van der Waals surface area contributed by atoms with Crippen LogP contribution in [0.2, 0.25) is 0 Å². The van der Waals surface area contributed by atoms with Gasteiger partial charge in [-0.05, 0) is 25.0 Å². The van der Waals surface area contributed by atoms with Gasteiger partial charge < -0.3 is 29.9 Å². The second-order valence-corrected chi connectivity index (χ2v) is 7.78. The number of hydrogen-bond acceptors (Lipinski definition) is 6. The Balaban J connectivity index is 1.52. The molecule has 0 spiro atoms. The van der Waals surface area contributed by atoms with Gasteiger partial charge >= 0.3 is 0 Å². The summed E-state index contributed by atoms with van der Waals surface area (Å²) >= 11 is 0. The first-order valence-corrected chi connectivity index (χ1v) is 10.6. The number of anilines is 2. The van der Waals surface area contributed by atoms with E-state index >= 15 is 0 Å². The number of nitrogens with one attached hydrogen (secondary N) is 2. The van der Waals surface area contributed by atoms with Crippen LogP contribution < -0.4 is 29.9 Å². The highest BCUT2D eigenvalue weighted by molar-refractivity contribution is 5.80. The molecule has 1 aromatic carbocycles. The zero-order valence-corrected chi connectivity index (χ0v) is 19.2. The maximum atomic E-state index is 5.41. The lowest BCUT2D eigenvalue weighted by molar-refractivity contribution is 0.393. The molecule has 1 aromatic heterocycles. The molecule has 0 radical (unpaired) electrons. The zero-order valence-electron chi connectivity index (χ0n) is 19.2. The Bertz CT molecular complexity index is 856. The summed E-state index contributed by atoms with van der Waals surface area (Å²) in [4.78, 5) is 13.4. The van der Waals surface area contributed by atoms with Crippen LogP contribution in [-0.2, 0) is 6.54 Å². The summed E-state index contributed by atoms with van der Waals surface area (Å²) in [6.45, 7) is 2.54. The molecule has 1 fully saturated rings. The normalized spacial score (nSPS) is 14.9. The maximum Gasteiger partial charge on any atom is 0.191 e. The van der Waals surface area contributed by atoms with E-state index in [2.05, 4.69) is 37.6 Å². The van der Waals surface area contributed by atoms with Crippen LogP contribution in [-0.4, -0.2) is 65.4 Å². The molecule has 168 valence electrons. The predicted molar refractivity (Wildman–Crippen MR) is 127 cm³/mol. The summed E-state index contributed by atoms with van der Waals surface area (Å²) in [5.74, 6) is 3.37. The first kappa shape index (κ1) is 22.5. The minimum atomic E-state index is 0.371. The number of methoxy groups -OCH3 is 2. The summed E-state index contributed by atoms with van der Waals surface area (Å²) in [5.41, 5.74) is 2.11. The molecule has 2 aromatic rings. The lowest BCUT2D eigenvalue weighted by Gasteiger charge is -2.34. The maximum absolute atomic E-state index is 5.41. The van der Waals surface area contributed by atoms with E-state index in [1.165, 1.54) is 0 Å². The number of pyridine rings is 1. The molecule has 0 saturated carbocycles. The molecule has 3 rings (SSSR count). The molecule has 8 nitrogen and oxygen atoms in total. The van der Waals surface area contributed by atoms with Crippen molar-refractivity contribution in [1.29, 1.82) is 0 Å². The average Bonchev–Trinajstić information content (AvgIpc) is 2.81. The highest BCUT2D eigenvalue weighted by atomic mass is 16.5. The van der Waals surface area contributed by atoms with Crippen molar-refractivity contribution in [1.82, 2.24) is 15.6 Å². The average molecular weight is 427 g/mol. The number of aliphatic imine (C=N–C) groups is 1. The summed E-state index contributed by atoms with van der Waals surface area (Å²) in [6.07, 6.45) is 2.04. The largest absolute Gasteiger partial charge is 0.497 e. The Morgan fingerprint density at radius 2 is 1.81 bits per heavy atom. The number of nitrogens with zero attached hydrogens (tertiary/aromatic N) is 4. The van der Waals surface area contributed by atoms with Crippen molar-refractivity contribution in [2.75, 3.05) is 58.3 Å². The summed E-state index contributed by atoms with van der Waals surface area (Å²) in [6, 6.07) is 12.4. The van der Waals surface area contributed by atoms with Crippen molar-refractivity contribution in [2.45, 2.75) is 25.4 Å². The Morgan fingerprint density at radius 3 is 2.39 bits per heavy atom. The van der Waals surface area contributed by atoms with Crippen LogP contribution in [0.3, 0.4) is 0 Å². The van der Waals surface area contributed by atoms with Crippen molar-refractivity contribution in [3.8, 4) is 11.5 Å². The number of piperidine rings is 1. The third kappa shape index (κ3) is 6.16. The summed E-state index contributed by atoms with van der Waals surface area (Å²) < 4.78 is 10.8. The Labute approximate surface area is 185 Å². The van der Waals surface area contributed by atoms with Gasteiger partial charge in [-0.1, -0.05) is 6.07 Å². The summed E-state index contributed by atoms with van der Waals surface area (Å²) in [7, 11) is 9.15. The Morgan fingerprint density at radius 1 is 1.13 bits per heavy atom. The van der Waals surface area contributed by atoms with Crippen LogP contribution in [0.15, 0.2) is 41.4 Å². The van der Waals surface area contributed by atoms with Crippen LogP contribution in [0, 0.1) is 0 Å². The molecule has 0 amide bonds. The van der Waals surface area contributed by atoms with Gasteiger partial charge in [-0.15, -0.1) is 0 Å². The highest BCUT2D eigenvalue weighted by Gasteiger charge is 2.21. The molecule has 1 aliphatic rings. The first-order chi connectivity index (χ1) is 15.0. The van der Waals surface area contributed by atoms with Crippen molar-refractivity contribution in [2.24, 2.45) is 4.99 Å². The topological polar surface area (TPSA) is 74.3 Å². The van der Waals surface area contributed by atoms with Crippen LogP contribution in [0.1, 0.15) is 18.5 Å². The minimum Gasteiger partial charge on any atom is -0.497 e. The second kappa shape index (κ2) is 10.7. The number of ether oxygens (including phenoxy) is 2. The lowest BCUT2D eigenvalue weighted by Crippen LogP contribution is -2.48. The fourth-order valence-corrected chi connectivity index (χ4v) is 3.63. The van der Waals surface area contributed by atoms with Crippen LogP contribution in [0.4, 0.5) is 11.5 Å². The van der Waals surface area contributed by atoms with E-state index in [0.29, 0.717) is 12.6 Å². The van der Waals surface area contributed by atoms with Crippen molar-refractivity contribution in [3.05, 3.63) is 42.1 Å². The molecule has 2 N–H and O–H groups in total. The van der Waals surface area contributed by atoms with Gasteiger partial charge in [0.05, 0.1) is 26.5 Å². The third-order valence-corrected chi connectivity index (χ3v) is 5.45. The van der Waals surface area contributed by atoms with E-state index in [1.807, 2.05) is 43.3 Å². The number of aromatic nitrogens is 1. The molecule has 1 saturated heterocycles. The minimum absolute atomic E-state index is 0.371. The van der Waals surface area contributed by atoms with E-state index in [9.17, 15) is 0 Å². The smallest absolute Gasteiger partial charge is 0.191 e. The van der Waals surface area contributed by atoms with Crippen molar-refractivity contribution < 1.29 is 9.47 Å². The fourth-order valence-electron chi connectivity index (χ4n) is 3.63. The van der Waals surface area contributed by atoms with Gasteiger partial charge in [0.2, 0.25) is 0 Å². The van der Waals surface area contributed by atoms with Gasteiger partial charge in [0, 0.05) is 64.2 Å². The SMILES string of the molecule is CN=C(NCc1cccc(N(C)C)n1)NC1CCN(c2cc(OC)cc(OC)c2)CC1. The first-order valence-electron chi connectivity index (χ1n) is 10.6. The molecular weight excluding hydrogens is 392 g/mol. The van der Waals surface area contributed by atoms with E-state index in [0.717, 1.165) is 60.6 Å². The second-order valence-electron chi connectivity index (χ2n) is 7.78. The van der Waals surface area contributed by atoms with Crippen LogP contribution in [0.5, 0.6) is 11.5 Å². The lowest BCUT2D eigenvalue weighted by atomic mass is 10.0. The molecule has 8 heteroatoms. The monoisotopic (exact) mass is 426 g/mol. The van der Waals surface area contributed by atoms with Crippen LogP contribution >= 0.6 is 0 Å². The van der Waals surface area contributed by atoms with Gasteiger partial charge in [0.15, 0.2) is 5.96 Å². The van der Waals surface area contributed by atoms with Crippen molar-refractivity contribution in [3.63, 3.8) is 0 Å².